The van der Waals surface area contributed by atoms with Crippen molar-refractivity contribution >= 4 is 17.5 Å². The lowest BCUT2D eigenvalue weighted by atomic mass is 10.00. The van der Waals surface area contributed by atoms with Gasteiger partial charge in [0.2, 0.25) is 0 Å². The highest BCUT2D eigenvalue weighted by molar-refractivity contribution is 6.00. The number of hydrogen-bond donors (Lipinski definition) is 2. The first-order valence-electron chi connectivity index (χ1n) is 9.32. The molecule has 0 aliphatic carbocycles. The highest BCUT2D eigenvalue weighted by Crippen LogP contribution is 2.41. The molecule has 1 aromatic heterocycles. The number of benzene rings is 1. The number of carbonyl (C=O) groups is 1. The molecule has 8 nitrogen and oxygen atoms in total. The number of anilines is 1. The van der Waals surface area contributed by atoms with Crippen LogP contribution in [0.2, 0.25) is 0 Å². The molecule has 2 N–H and O–H groups in total. The SMILES string of the molecule is O=C1OC(CO)[C@@H]2Cc3cc(-c4ccc(C5=NOC(CO)C5)nc4)c(F)cc3N12. The molecule has 3 atom stereocenters. The van der Waals surface area contributed by atoms with Crippen LogP contribution in [0.15, 0.2) is 35.6 Å². The topological polar surface area (TPSA) is 104 Å². The molecule has 5 rings (SSSR count). The van der Waals surface area contributed by atoms with E-state index in [0.717, 1.165) is 5.56 Å². The number of ether oxygens (including phenoxy) is 1. The van der Waals surface area contributed by atoms with Crippen molar-refractivity contribution in [3.05, 3.63) is 47.5 Å². The summed E-state index contributed by atoms with van der Waals surface area (Å²) in [6.45, 7) is -0.388. The molecular weight excluding hydrogens is 381 g/mol. The van der Waals surface area contributed by atoms with Gasteiger partial charge in [-0.15, -0.1) is 0 Å². The van der Waals surface area contributed by atoms with E-state index in [9.17, 15) is 14.3 Å². The molecule has 0 radical (unpaired) electrons. The molecule has 29 heavy (non-hydrogen) atoms. The third-order valence-electron chi connectivity index (χ3n) is 5.55. The van der Waals surface area contributed by atoms with Gasteiger partial charge in [-0.2, -0.15) is 0 Å². The highest BCUT2D eigenvalue weighted by Gasteiger charge is 2.47. The molecule has 150 valence electrons. The van der Waals surface area contributed by atoms with Gasteiger partial charge in [0.25, 0.3) is 0 Å². The van der Waals surface area contributed by atoms with Crippen molar-refractivity contribution in [1.82, 2.24) is 4.98 Å². The van der Waals surface area contributed by atoms with Gasteiger partial charge in [0.05, 0.1) is 30.6 Å². The summed E-state index contributed by atoms with van der Waals surface area (Å²) >= 11 is 0. The smallest absolute Gasteiger partial charge is 0.415 e. The fourth-order valence-corrected chi connectivity index (χ4v) is 4.07. The summed E-state index contributed by atoms with van der Waals surface area (Å²) in [6.07, 6.45) is 0.989. The van der Waals surface area contributed by atoms with E-state index in [0.29, 0.717) is 41.1 Å². The Morgan fingerprint density at radius 3 is 2.76 bits per heavy atom. The van der Waals surface area contributed by atoms with E-state index in [4.69, 9.17) is 14.7 Å². The highest BCUT2D eigenvalue weighted by atomic mass is 19.1. The number of aliphatic hydroxyl groups is 2. The lowest BCUT2D eigenvalue weighted by Crippen LogP contribution is -2.34. The van der Waals surface area contributed by atoms with Crippen molar-refractivity contribution in [2.45, 2.75) is 31.1 Å². The van der Waals surface area contributed by atoms with Crippen LogP contribution in [-0.4, -0.2) is 58.5 Å². The van der Waals surface area contributed by atoms with Crippen LogP contribution in [0.3, 0.4) is 0 Å². The minimum atomic E-state index is -0.612. The first-order chi connectivity index (χ1) is 14.1. The second-order valence-corrected chi connectivity index (χ2v) is 7.29. The Morgan fingerprint density at radius 2 is 2.07 bits per heavy atom. The summed E-state index contributed by atoms with van der Waals surface area (Å²) in [7, 11) is 0. The molecule has 1 fully saturated rings. The number of hydrogen-bond acceptors (Lipinski definition) is 7. The first kappa shape index (κ1) is 18.0. The molecule has 1 aromatic carbocycles. The predicted octanol–water partition coefficient (Wildman–Crippen LogP) is 1.62. The van der Waals surface area contributed by atoms with Gasteiger partial charge in [-0.25, -0.2) is 9.18 Å². The van der Waals surface area contributed by atoms with Crippen molar-refractivity contribution in [3.63, 3.8) is 0 Å². The fourth-order valence-electron chi connectivity index (χ4n) is 4.07. The van der Waals surface area contributed by atoms with Crippen LogP contribution in [0.1, 0.15) is 17.7 Å². The van der Waals surface area contributed by atoms with Crippen LogP contribution in [-0.2, 0) is 16.0 Å². The maximum absolute atomic E-state index is 14.9. The van der Waals surface area contributed by atoms with E-state index in [2.05, 4.69) is 10.1 Å². The number of pyridine rings is 1. The van der Waals surface area contributed by atoms with Gasteiger partial charge in [0.15, 0.2) is 6.10 Å². The normalized spacial score (nSPS) is 24.8. The Bertz CT molecular complexity index is 1010. The second-order valence-electron chi connectivity index (χ2n) is 7.29. The molecule has 9 heteroatoms. The summed E-state index contributed by atoms with van der Waals surface area (Å²) < 4.78 is 20.0. The Kier molecular flexibility index (Phi) is 4.21. The summed E-state index contributed by atoms with van der Waals surface area (Å²) in [4.78, 5) is 23.0. The number of rotatable bonds is 4. The van der Waals surface area contributed by atoms with Crippen molar-refractivity contribution in [2.24, 2.45) is 5.16 Å². The molecular formula is C20H18FN3O5. The van der Waals surface area contributed by atoms with E-state index in [1.807, 2.05) is 0 Å². The molecule has 1 amide bonds. The van der Waals surface area contributed by atoms with Crippen LogP contribution < -0.4 is 4.90 Å². The third-order valence-corrected chi connectivity index (χ3v) is 5.55. The summed E-state index contributed by atoms with van der Waals surface area (Å²) in [6, 6.07) is 6.22. The standard InChI is InChI=1S/C20H18FN3O5/c21-14-6-17-11(4-18-19(9-26)28-20(27)24(17)18)3-13(14)10-1-2-15(22-7-10)16-5-12(8-25)29-23-16/h1-3,6-7,12,18-19,25-26H,4-5,8-9H2/t12?,18-,19?/m0/s1. The summed E-state index contributed by atoms with van der Waals surface area (Å²) in [5.74, 6) is -0.471. The van der Waals surface area contributed by atoms with Crippen molar-refractivity contribution in [2.75, 3.05) is 18.1 Å². The molecule has 2 aromatic rings. The minimum Gasteiger partial charge on any atom is -0.441 e. The number of halogens is 1. The molecule has 2 unspecified atom stereocenters. The van der Waals surface area contributed by atoms with Gasteiger partial charge < -0.3 is 19.8 Å². The van der Waals surface area contributed by atoms with Gasteiger partial charge in [0, 0.05) is 23.7 Å². The zero-order valence-corrected chi connectivity index (χ0v) is 15.3. The molecule has 3 aliphatic rings. The third kappa shape index (κ3) is 2.85. The molecule has 4 heterocycles. The average Bonchev–Trinajstić information content (AvgIpc) is 3.43. The van der Waals surface area contributed by atoms with E-state index in [1.165, 1.54) is 11.0 Å². The number of oxime groups is 1. The zero-order valence-electron chi connectivity index (χ0n) is 15.3. The van der Waals surface area contributed by atoms with Gasteiger partial charge in [-0.3, -0.25) is 9.88 Å². The maximum atomic E-state index is 14.9. The number of nitrogens with zero attached hydrogens (tertiary/aromatic N) is 3. The van der Waals surface area contributed by atoms with Crippen molar-refractivity contribution in [3.8, 4) is 11.1 Å². The quantitative estimate of drug-likeness (QED) is 0.810. The molecule has 0 saturated carbocycles. The Balaban J connectivity index is 1.44. The fraction of sp³-hybridized carbons (Fsp3) is 0.350. The van der Waals surface area contributed by atoms with E-state index in [-0.39, 0.29) is 25.4 Å². The number of aromatic nitrogens is 1. The number of aliphatic hydroxyl groups excluding tert-OH is 2. The Labute approximate surface area is 165 Å². The van der Waals surface area contributed by atoms with Crippen LogP contribution in [0.25, 0.3) is 11.1 Å². The molecule has 3 aliphatic heterocycles. The zero-order chi connectivity index (χ0) is 20.1. The number of cyclic esters (lactones) is 1. The van der Waals surface area contributed by atoms with E-state index < -0.39 is 18.0 Å². The predicted molar refractivity (Wildman–Crippen MR) is 100 cm³/mol. The number of carbonyl (C=O) groups excluding carboxylic acids is 1. The maximum Gasteiger partial charge on any atom is 0.415 e. The Hall–Kier alpha value is -3.04. The number of fused-ring (bicyclic) bond motifs is 3. The summed E-state index contributed by atoms with van der Waals surface area (Å²) in [5, 5.41) is 22.5. The largest absolute Gasteiger partial charge is 0.441 e. The molecule has 0 bridgehead atoms. The van der Waals surface area contributed by atoms with Crippen LogP contribution >= 0.6 is 0 Å². The minimum absolute atomic E-state index is 0.117. The second kappa shape index (κ2) is 6.78. The van der Waals surface area contributed by atoms with Gasteiger partial charge in [0.1, 0.15) is 17.6 Å². The van der Waals surface area contributed by atoms with Crippen LogP contribution in [0.5, 0.6) is 0 Å². The van der Waals surface area contributed by atoms with Gasteiger partial charge >= 0.3 is 6.09 Å². The van der Waals surface area contributed by atoms with Gasteiger partial charge in [-0.1, -0.05) is 11.2 Å². The lowest BCUT2D eigenvalue weighted by Gasteiger charge is -2.15. The molecule has 1 saturated heterocycles. The van der Waals surface area contributed by atoms with Crippen molar-refractivity contribution in [1.29, 1.82) is 0 Å². The summed E-state index contributed by atoms with van der Waals surface area (Å²) in [5.41, 5.74) is 3.54. The average molecular weight is 399 g/mol. The lowest BCUT2D eigenvalue weighted by molar-refractivity contribution is 0.0390. The monoisotopic (exact) mass is 399 g/mol. The van der Waals surface area contributed by atoms with Crippen LogP contribution in [0.4, 0.5) is 14.9 Å². The van der Waals surface area contributed by atoms with E-state index >= 15 is 0 Å². The van der Waals surface area contributed by atoms with Crippen molar-refractivity contribution < 1.29 is 29.0 Å². The molecule has 0 spiro atoms. The number of amides is 1. The Morgan fingerprint density at radius 1 is 1.21 bits per heavy atom. The first-order valence-corrected chi connectivity index (χ1v) is 9.32. The van der Waals surface area contributed by atoms with Crippen LogP contribution in [0, 0.1) is 5.82 Å². The van der Waals surface area contributed by atoms with E-state index in [1.54, 1.807) is 24.4 Å². The van der Waals surface area contributed by atoms with Gasteiger partial charge in [-0.05, 0) is 30.2 Å².